The van der Waals surface area contributed by atoms with Gasteiger partial charge in [0.15, 0.2) is 9.84 Å². The Hall–Kier alpha value is -0.130. The van der Waals surface area contributed by atoms with Crippen molar-refractivity contribution in [3.8, 4) is 0 Å². The maximum atomic E-state index is 10.8. The molecule has 0 spiro atoms. The minimum Gasteiger partial charge on any atom is -0.392 e. The molecule has 0 aliphatic carbocycles. The SMILES string of the molecule is CC(C)C(O)CNC1CS(=O)(=O)C1. The molecule has 1 aliphatic heterocycles. The van der Waals surface area contributed by atoms with Gasteiger partial charge < -0.3 is 10.4 Å². The summed E-state index contributed by atoms with van der Waals surface area (Å²) >= 11 is 0. The van der Waals surface area contributed by atoms with Crippen molar-refractivity contribution in [1.82, 2.24) is 5.32 Å². The van der Waals surface area contributed by atoms with Gasteiger partial charge in [0, 0.05) is 12.6 Å². The summed E-state index contributed by atoms with van der Waals surface area (Å²) in [6, 6.07) is 0.0541. The third-order valence-electron chi connectivity index (χ3n) is 2.30. The molecule has 1 fully saturated rings. The highest BCUT2D eigenvalue weighted by Gasteiger charge is 2.33. The van der Waals surface area contributed by atoms with Crippen molar-refractivity contribution in [3.05, 3.63) is 0 Å². The minimum atomic E-state index is -2.74. The molecule has 0 saturated carbocycles. The van der Waals surface area contributed by atoms with Gasteiger partial charge in [-0.3, -0.25) is 0 Å². The second-order valence-electron chi connectivity index (χ2n) is 3.99. The second-order valence-corrected chi connectivity index (χ2v) is 6.15. The third kappa shape index (κ3) is 3.25. The van der Waals surface area contributed by atoms with E-state index in [1.165, 1.54) is 0 Å². The first kappa shape index (κ1) is 10.9. The quantitative estimate of drug-likeness (QED) is 0.645. The van der Waals surface area contributed by atoms with Crippen LogP contribution in [0.5, 0.6) is 0 Å². The summed E-state index contributed by atoms with van der Waals surface area (Å²) in [6.07, 6.45) is -0.386. The summed E-state index contributed by atoms with van der Waals surface area (Å²) in [5.41, 5.74) is 0. The lowest BCUT2D eigenvalue weighted by atomic mass is 10.1. The fourth-order valence-electron chi connectivity index (χ4n) is 1.21. The summed E-state index contributed by atoms with van der Waals surface area (Å²) in [6.45, 7) is 4.35. The molecule has 2 N–H and O–H groups in total. The van der Waals surface area contributed by atoms with Crippen LogP contribution < -0.4 is 5.32 Å². The molecule has 0 amide bonds. The molecule has 0 bridgehead atoms. The standard InChI is InChI=1S/C8H17NO3S/c1-6(2)8(10)3-9-7-4-13(11,12)5-7/h6-10H,3-5H2,1-2H3. The van der Waals surface area contributed by atoms with E-state index in [0.717, 1.165) is 0 Å². The van der Waals surface area contributed by atoms with Crippen LogP contribution >= 0.6 is 0 Å². The van der Waals surface area contributed by atoms with E-state index in [1.807, 2.05) is 13.8 Å². The van der Waals surface area contributed by atoms with E-state index in [1.54, 1.807) is 0 Å². The molecule has 1 heterocycles. The molecular formula is C8H17NO3S. The predicted molar refractivity (Wildman–Crippen MR) is 51.3 cm³/mol. The van der Waals surface area contributed by atoms with Crippen LogP contribution in [0.3, 0.4) is 0 Å². The molecule has 0 aromatic heterocycles. The summed E-state index contributed by atoms with van der Waals surface area (Å²) in [4.78, 5) is 0. The Labute approximate surface area is 79.3 Å². The Balaban J connectivity index is 2.16. The van der Waals surface area contributed by atoms with Gasteiger partial charge in [0.25, 0.3) is 0 Å². The molecule has 0 aromatic carbocycles. The predicted octanol–water partition coefficient (Wildman–Crippen LogP) is -0.610. The monoisotopic (exact) mass is 207 g/mol. The Morgan fingerprint density at radius 1 is 1.46 bits per heavy atom. The third-order valence-corrected chi connectivity index (χ3v) is 4.12. The van der Waals surface area contributed by atoms with Crippen LogP contribution in [0.4, 0.5) is 0 Å². The van der Waals surface area contributed by atoms with Crippen molar-refractivity contribution in [3.63, 3.8) is 0 Å². The Bertz CT molecular complexity index is 249. The first-order valence-electron chi connectivity index (χ1n) is 4.52. The lowest BCUT2D eigenvalue weighted by Crippen LogP contribution is -2.53. The van der Waals surface area contributed by atoms with Crippen molar-refractivity contribution in [1.29, 1.82) is 0 Å². The van der Waals surface area contributed by atoms with Crippen LogP contribution in [-0.4, -0.2) is 43.7 Å². The topological polar surface area (TPSA) is 66.4 Å². The number of sulfone groups is 1. The fourth-order valence-corrected chi connectivity index (χ4v) is 2.57. The Morgan fingerprint density at radius 3 is 2.38 bits per heavy atom. The number of aliphatic hydroxyl groups excluding tert-OH is 1. The summed E-state index contributed by atoms with van der Waals surface area (Å²) in [7, 11) is -2.74. The molecule has 5 heteroatoms. The van der Waals surface area contributed by atoms with Crippen LogP contribution in [-0.2, 0) is 9.84 Å². The molecule has 1 rings (SSSR count). The highest BCUT2D eigenvalue weighted by molar-refractivity contribution is 7.92. The number of nitrogens with one attached hydrogen (secondary N) is 1. The molecule has 0 radical (unpaired) electrons. The average Bonchev–Trinajstić information content (AvgIpc) is 1.95. The van der Waals surface area contributed by atoms with E-state index < -0.39 is 9.84 Å². The van der Waals surface area contributed by atoms with Gasteiger partial charge in [0.1, 0.15) is 0 Å². The van der Waals surface area contributed by atoms with E-state index in [9.17, 15) is 13.5 Å². The zero-order chi connectivity index (χ0) is 10.1. The summed E-state index contributed by atoms with van der Waals surface area (Å²) < 4.78 is 21.5. The fraction of sp³-hybridized carbons (Fsp3) is 1.00. The molecule has 13 heavy (non-hydrogen) atoms. The first-order valence-corrected chi connectivity index (χ1v) is 6.35. The Kier molecular flexibility index (Phi) is 3.32. The van der Waals surface area contributed by atoms with E-state index in [0.29, 0.717) is 6.54 Å². The van der Waals surface area contributed by atoms with E-state index in [2.05, 4.69) is 5.32 Å². The van der Waals surface area contributed by atoms with Crippen molar-refractivity contribution < 1.29 is 13.5 Å². The second kappa shape index (κ2) is 3.94. The van der Waals surface area contributed by atoms with Crippen LogP contribution in [0, 0.1) is 5.92 Å². The first-order chi connectivity index (χ1) is 5.91. The molecule has 1 atom stereocenters. The summed E-state index contributed by atoms with van der Waals surface area (Å²) in [5, 5.41) is 12.4. The van der Waals surface area contributed by atoms with Crippen molar-refractivity contribution in [2.45, 2.75) is 26.0 Å². The van der Waals surface area contributed by atoms with Gasteiger partial charge in [-0.05, 0) is 5.92 Å². The van der Waals surface area contributed by atoms with Gasteiger partial charge in [-0.1, -0.05) is 13.8 Å². The van der Waals surface area contributed by atoms with Crippen molar-refractivity contribution in [2.24, 2.45) is 5.92 Å². The number of aliphatic hydroxyl groups is 1. The highest BCUT2D eigenvalue weighted by atomic mass is 32.2. The molecule has 1 unspecified atom stereocenters. The maximum Gasteiger partial charge on any atom is 0.153 e. The van der Waals surface area contributed by atoms with Crippen LogP contribution in [0.25, 0.3) is 0 Å². The van der Waals surface area contributed by atoms with E-state index in [-0.39, 0.29) is 29.6 Å². The number of hydrogen-bond donors (Lipinski definition) is 2. The van der Waals surface area contributed by atoms with E-state index >= 15 is 0 Å². The van der Waals surface area contributed by atoms with Crippen LogP contribution in [0.15, 0.2) is 0 Å². The minimum absolute atomic E-state index is 0.0541. The molecule has 1 aliphatic rings. The molecule has 78 valence electrons. The molecule has 1 saturated heterocycles. The average molecular weight is 207 g/mol. The normalized spacial score (nSPS) is 24.3. The lowest BCUT2D eigenvalue weighted by molar-refractivity contribution is 0.121. The smallest absolute Gasteiger partial charge is 0.153 e. The van der Waals surface area contributed by atoms with Gasteiger partial charge in [-0.15, -0.1) is 0 Å². The van der Waals surface area contributed by atoms with Crippen LogP contribution in [0.2, 0.25) is 0 Å². The molecular weight excluding hydrogens is 190 g/mol. The number of hydrogen-bond acceptors (Lipinski definition) is 4. The van der Waals surface area contributed by atoms with Gasteiger partial charge in [-0.25, -0.2) is 8.42 Å². The lowest BCUT2D eigenvalue weighted by Gasteiger charge is -2.28. The van der Waals surface area contributed by atoms with Gasteiger partial charge in [0.05, 0.1) is 17.6 Å². The van der Waals surface area contributed by atoms with Crippen molar-refractivity contribution >= 4 is 9.84 Å². The van der Waals surface area contributed by atoms with E-state index in [4.69, 9.17) is 0 Å². The van der Waals surface area contributed by atoms with Crippen molar-refractivity contribution in [2.75, 3.05) is 18.1 Å². The van der Waals surface area contributed by atoms with Gasteiger partial charge >= 0.3 is 0 Å². The largest absolute Gasteiger partial charge is 0.392 e. The molecule has 0 aromatic rings. The highest BCUT2D eigenvalue weighted by Crippen LogP contribution is 2.10. The zero-order valence-electron chi connectivity index (χ0n) is 8.03. The van der Waals surface area contributed by atoms with Gasteiger partial charge in [-0.2, -0.15) is 0 Å². The number of rotatable bonds is 4. The summed E-state index contributed by atoms with van der Waals surface area (Å²) in [5.74, 6) is 0.652. The Morgan fingerprint density at radius 2 is 2.00 bits per heavy atom. The van der Waals surface area contributed by atoms with Crippen LogP contribution in [0.1, 0.15) is 13.8 Å². The maximum absolute atomic E-state index is 10.8. The zero-order valence-corrected chi connectivity index (χ0v) is 8.84. The van der Waals surface area contributed by atoms with Gasteiger partial charge in [0.2, 0.25) is 0 Å². The molecule has 4 nitrogen and oxygen atoms in total.